The average Bonchev–Trinajstić information content (AvgIpc) is 2.90. The van der Waals surface area contributed by atoms with Gasteiger partial charge in [-0.1, -0.05) is 43.7 Å². The Labute approximate surface area is 231 Å². The lowest BCUT2D eigenvalue weighted by Gasteiger charge is -2.19. The van der Waals surface area contributed by atoms with Crippen molar-refractivity contribution in [1.29, 1.82) is 0 Å². The van der Waals surface area contributed by atoms with Gasteiger partial charge in [0.15, 0.2) is 17.5 Å². The second-order valence-corrected chi connectivity index (χ2v) is 9.23. The highest BCUT2D eigenvalue weighted by Gasteiger charge is 2.38. The summed E-state index contributed by atoms with van der Waals surface area (Å²) in [6.45, 7) is 2.12. The van der Waals surface area contributed by atoms with Gasteiger partial charge in [-0.3, -0.25) is 0 Å². The standard InChI is InChI=1S/C32H22F8O/c1-2-3-4-5-19-6-8-20(9-7-19)10-11-21-12-13-24(25(33)14-21)32(39,40)41-23-17-26(34)30(27(35)18-23)22-15-28(36)31(38)29(37)16-22/h6-9,12-18H,2-5H2,1H3. The molecule has 0 amide bonds. The third kappa shape index (κ3) is 7.07. The second kappa shape index (κ2) is 12.5. The molecule has 4 rings (SSSR count). The first-order valence-electron chi connectivity index (χ1n) is 12.6. The zero-order valence-corrected chi connectivity index (χ0v) is 21.6. The first kappa shape index (κ1) is 29.7. The van der Waals surface area contributed by atoms with E-state index in [2.05, 4.69) is 23.5 Å². The molecule has 212 valence electrons. The van der Waals surface area contributed by atoms with Crippen molar-refractivity contribution in [1.82, 2.24) is 0 Å². The molecule has 0 aliphatic heterocycles. The van der Waals surface area contributed by atoms with E-state index in [0.717, 1.165) is 49.4 Å². The monoisotopic (exact) mass is 574 g/mol. The number of ether oxygens (including phenoxy) is 1. The van der Waals surface area contributed by atoms with Gasteiger partial charge in [-0.15, -0.1) is 0 Å². The molecule has 0 radical (unpaired) electrons. The Morgan fingerprint density at radius 2 is 1.24 bits per heavy atom. The predicted octanol–water partition coefficient (Wildman–Crippen LogP) is 9.45. The van der Waals surface area contributed by atoms with Crippen LogP contribution in [0.1, 0.15) is 48.4 Å². The Kier molecular flexibility index (Phi) is 9.01. The summed E-state index contributed by atoms with van der Waals surface area (Å²) in [5.74, 6) is -5.18. The van der Waals surface area contributed by atoms with E-state index in [4.69, 9.17) is 0 Å². The number of hydrogen-bond acceptors (Lipinski definition) is 1. The van der Waals surface area contributed by atoms with E-state index >= 15 is 0 Å². The van der Waals surface area contributed by atoms with Crippen LogP contribution in [0.3, 0.4) is 0 Å². The van der Waals surface area contributed by atoms with E-state index in [1.165, 1.54) is 0 Å². The molecule has 0 heterocycles. The second-order valence-electron chi connectivity index (χ2n) is 9.23. The lowest BCUT2D eigenvalue weighted by Crippen LogP contribution is -2.23. The molecule has 41 heavy (non-hydrogen) atoms. The number of halogens is 8. The Bertz CT molecular complexity index is 1570. The Balaban J connectivity index is 1.51. The third-order valence-corrected chi connectivity index (χ3v) is 6.19. The van der Waals surface area contributed by atoms with Gasteiger partial charge in [0.25, 0.3) is 0 Å². The van der Waals surface area contributed by atoms with Crippen LogP contribution in [0.2, 0.25) is 0 Å². The van der Waals surface area contributed by atoms with E-state index in [0.29, 0.717) is 29.8 Å². The number of rotatable bonds is 8. The predicted molar refractivity (Wildman–Crippen MR) is 138 cm³/mol. The van der Waals surface area contributed by atoms with Crippen molar-refractivity contribution in [3.63, 3.8) is 0 Å². The average molecular weight is 575 g/mol. The zero-order chi connectivity index (χ0) is 29.7. The van der Waals surface area contributed by atoms with Crippen molar-refractivity contribution in [2.75, 3.05) is 0 Å². The van der Waals surface area contributed by atoms with Crippen molar-refractivity contribution in [3.8, 4) is 28.7 Å². The van der Waals surface area contributed by atoms with E-state index in [-0.39, 0.29) is 5.56 Å². The van der Waals surface area contributed by atoms with Gasteiger partial charge in [0.05, 0.1) is 5.56 Å². The summed E-state index contributed by atoms with van der Waals surface area (Å²) in [4.78, 5) is 0. The van der Waals surface area contributed by atoms with E-state index in [1.807, 2.05) is 24.3 Å². The molecule has 4 aromatic carbocycles. The molecular formula is C32H22F8O. The normalized spacial score (nSPS) is 11.2. The molecule has 4 aromatic rings. The molecule has 0 N–H and O–H groups in total. The Morgan fingerprint density at radius 1 is 0.659 bits per heavy atom. The van der Waals surface area contributed by atoms with Crippen LogP contribution in [0, 0.1) is 46.7 Å². The fourth-order valence-corrected chi connectivity index (χ4v) is 4.09. The van der Waals surface area contributed by atoms with Crippen LogP contribution in [-0.4, -0.2) is 0 Å². The Morgan fingerprint density at radius 3 is 1.83 bits per heavy atom. The van der Waals surface area contributed by atoms with Crippen molar-refractivity contribution in [3.05, 3.63) is 124 Å². The summed E-state index contributed by atoms with van der Waals surface area (Å²) in [5.41, 5.74) is -1.00. The number of hydrogen-bond donors (Lipinski definition) is 0. The summed E-state index contributed by atoms with van der Waals surface area (Å²) >= 11 is 0. The highest BCUT2D eigenvalue weighted by molar-refractivity contribution is 5.66. The summed E-state index contributed by atoms with van der Waals surface area (Å²) in [6.07, 6.45) is -0.0860. The highest BCUT2D eigenvalue weighted by atomic mass is 19.3. The topological polar surface area (TPSA) is 9.23 Å². The number of alkyl halides is 2. The van der Waals surface area contributed by atoms with Gasteiger partial charge in [-0.2, -0.15) is 8.78 Å². The summed E-state index contributed by atoms with van der Waals surface area (Å²) in [7, 11) is 0. The molecule has 0 atom stereocenters. The molecule has 9 heteroatoms. The summed E-state index contributed by atoms with van der Waals surface area (Å²) in [5, 5.41) is 0. The molecule has 0 unspecified atom stereocenters. The molecular weight excluding hydrogens is 552 g/mol. The molecule has 0 spiro atoms. The van der Waals surface area contributed by atoms with Crippen molar-refractivity contribution in [2.24, 2.45) is 0 Å². The van der Waals surface area contributed by atoms with Crippen LogP contribution in [0.15, 0.2) is 66.7 Å². The molecule has 0 bridgehead atoms. The minimum Gasteiger partial charge on any atom is -0.429 e. The van der Waals surface area contributed by atoms with E-state index < -0.39 is 63.5 Å². The van der Waals surface area contributed by atoms with Crippen molar-refractivity contribution >= 4 is 0 Å². The number of aryl methyl sites for hydroxylation is 1. The first-order chi connectivity index (χ1) is 19.5. The van der Waals surface area contributed by atoms with E-state index in [1.54, 1.807) is 0 Å². The molecule has 0 aliphatic carbocycles. The molecule has 1 nitrogen and oxygen atoms in total. The lowest BCUT2D eigenvalue weighted by molar-refractivity contribution is -0.187. The molecule has 0 saturated carbocycles. The summed E-state index contributed by atoms with van der Waals surface area (Å²) < 4.78 is 118. The minimum absolute atomic E-state index is 0.106. The lowest BCUT2D eigenvalue weighted by atomic mass is 10.0. The number of benzene rings is 4. The van der Waals surface area contributed by atoms with Gasteiger partial charge in [0, 0.05) is 23.3 Å². The van der Waals surface area contributed by atoms with Gasteiger partial charge in [-0.25, -0.2) is 26.3 Å². The smallest absolute Gasteiger partial charge is 0.429 e. The molecule has 0 aromatic heterocycles. The van der Waals surface area contributed by atoms with Crippen LogP contribution in [0.25, 0.3) is 11.1 Å². The maximum atomic E-state index is 14.8. The van der Waals surface area contributed by atoms with Crippen molar-refractivity contribution < 1.29 is 39.9 Å². The zero-order valence-electron chi connectivity index (χ0n) is 21.6. The molecule has 0 saturated heterocycles. The van der Waals surface area contributed by atoms with E-state index in [9.17, 15) is 35.1 Å². The number of unbranched alkanes of at least 4 members (excludes halogenated alkanes) is 2. The quantitative estimate of drug-likeness (QED) is 0.0882. The first-order valence-corrected chi connectivity index (χ1v) is 12.6. The summed E-state index contributed by atoms with van der Waals surface area (Å²) in [6, 6.07) is 11.5. The maximum Gasteiger partial charge on any atom is 0.429 e. The fraction of sp³-hybridized carbons (Fsp3) is 0.188. The van der Waals surface area contributed by atoms with Gasteiger partial charge < -0.3 is 4.74 Å². The van der Waals surface area contributed by atoms with Gasteiger partial charge in [0.1, 0.15) is 28.8 Å². The molecule has 0 fully saturated rings. The van der Waals surface area contributed by atoms with Gasteiger partial charge in [-0.05, 0) is 66.4 Å². The minimum atomic E-state index is -4.36. The van der Waals surface area contributed by atoms with Crippen LogP contribution >= 0.6 is 0 Å². The van der Waals surface area contributed by atoms with Crippen molar-refractivity contribution in [2.45, 2.75) is 38.7 Å². The van der Waals surface area contributed by atoms with Crippen LogP contribution in [0.5, 0.6) is 5.75 Å². The van der Waals surface area contributed by atoms with Gasteiger partial charge in [0.2, 0.25) is 0 Å². The van der Waals surface area contributed by atoms with Crippen LogP contribution in [0.4, 0.5) is 35.1 Å². The third-order valence-electron chi connectivity index (χ3n) is 6.19. The maximum absolute atomic E-state index is 14.8. The molecule has 0 aliphatic rings. The van der Waals surface area contributed by atoms with Crippen LogP contribution < -0.4 is 4.74 Å². The SMILES string of the molecule is CCCCCc1ccc(C#Cc2ccc(C(F)(F)Oc3cc(F)c(-c4cc(F)c(F)c(F)c4)c(F)c3)c(F)c2)cc1. The van der Waals surface area contributed by atoms with Crippen LogP contribution in [-0.2, 0) is 12.5 Å². The highest BCUT2D eigenvalue weighted by Crippen LogP contribution is 2.37. The van der Waals surface area contributed by atoms with Gasteiger partial charge >= 0.3 is 6.11 Å². The largest absolute Gasteiger partial charge is 0.429 e. The fourth-order valence-electron chi connectivity index (χ4n) is 4.09. The Hall–Kier alpha value is -4.32.